The summed E-state index contributed by atoms with van der Waals surface area (Å²) >= 11 is 0. The molecule has 1 aromatic heterocycles. The first-order valence-corrected chi connectivity index (χ1v) is 9.17. The van der Waals surface area contributed by atoms with Crippen LogP contribution >= 0.6 is 0 Å². The highest BCUT2D eigenvalue weighted by Crippen LogP contribution is 2.25. The molecule has 0 bridgehead atoms. The molecule has 2 saturated heterocycles. The van der Waals surface area contributed by atoms with Gasteiger partial charge in [0, 0.05) is 31.1 Å². The van der Waals surface area contributed by atoms with Crippen molar-refractivity contribution in [3.63, 3.8) is 0 Å². The van der Waals surface area contributed by atoms with Gasteiger partial charge in [0.15, 0.2) is 5.82 Å². The first kappa shape index (κ1) is 17.3. The van der Waals surface area contributed by atoms with Crippen LogP contribution in [0.25, 0.3) is 0 Å². The molecular weight excluding hydrogens is 304 g/mol. The second kappa shape index (κ2) is 7.13. The number of nitrogens with zero attached hydrogens (tertiary/aromatic N) is 3. The number of anilines is 1. The van der Waals surface area contributed by atoms with E-state index in [9.17, 15) is 4.79 Å². The van der Waals surface area contributed by atoms with E-state index in [-0.39, 0.29) is 11.4 Å². The number of carbonyl (C=O) groups is 1. The third-order valence-electron chi connectivity index (χ3n) is 5.02. The Morgan fingerprint density at radius 3 is 2.71 bits per heavy atom. The number of rotatable bonds is 3. The molecule has 0 saturated carbocycles. The van der Waals surface area contributed by atoms with E-state index in [0.29, 0.717) is 11.7 Å². The fourth-order valence-electron chi connectivity index (χ4n) is 3.55. The molecule has 6 nitrogen and oxygen atoms in total. The monoisotopic (exact) mass is 334 g/mol. The molecule has 134 valence electrons. The smallest absolute Gasteiger partial charge is 0.323 e. The fraction of sp³-hybridized carbons (Fsp3) is 0.778. The first-order chi connectivity index (χ1) is 11.4. The number of urea groups is 1. The van der Waals surface area contributed by atoms with Crippen molar-refractivity contribution in [1.29, 1.82) is 0 Å². The number of nitrogens with one attached hydrogen (secondary N) is 1. The van der Waals surface area contributed by atoms with Crippen molar-refractivity contribution < 1.29 is 9.32 Å². The maximum atomic E-state index is 12.4. The highest BCUT2D eigenvalue weighted by Gasteiger charge is 2.29. The quantitative estimate of drug-likeness (QED) is 0.921. The van der Waals surface area contributed by atoms with Crippen LogP contribution in [0, 0.1) is 5.92 Å². The van der Waals surface area contributed by atoms with E-state index in [1.165, 1.54) is 32.4 Å². The Bertz CT molecular complexity index is 558. The molecule has 2 aliphatic rings. The molecule has 3 rings (SSSR count). The molecule has 0 aliphatic carbocycles. The number of carbonyl (C=O) groups excluding carboxylic acids is 1. The SMILES string of the molecule is CC(C)(C)c1cc(NC(=O)N2CC[C@H](CN3CCCCC3)C2)no1. The van der Waals surface area contributed by atoms with Gasteiger partial charge in [-0.1, -0.05) is 32.3 Å². The summed E-state index contributed by atoms with van der Waals surface area (Å²) in [4.78, 5) is 16.9. The van der Waals surface area contributed by atoms with Crippen molar-refractivity contribution >= 4 is 11.8 Å². The second-order valence-corrected chi connectivity index (χ2v) is 8.22. The standard InChI is InChI=1S/C18H30N4O2/c1-18(2,3)15-11-16(20-24-15)19-17(23)22-10-7-14(13-22)12-21-8-5-4-6-9-21/h11,14H,4-10,12-13H2,1-3H3,(H,19,20,23)/t14-/m1/s1. The maximum absolute atomic E-state index is 12.4. The van der Waals surface area contributed by atoms with Gasteiger partial charge < -0.3 is 14.3 Å². The Balaban J connectivity index is 1.48. The molecule has 2 amide bonds. The average molecular weight is 334 g/mol. The molecule has 1 N–H and O–H groups in total. The molecule has 1 atom stereocenters. The van der Waals surface area contributed by atoms with Crippen LogP contribution < -0.4 is 5.32 Å². The number of piperidine rings is 1. The normalized spacial score (nSPS) is 22.8. The van der Waals surface area contributed by atoms with E-state index in [4.69, 9.17) is 4.52 Å². The first-order valence-electron chi connectivity index (χ1n) is 9.17. The molecule has 0 radical (unpaired) electrons. The highest BCUT2D eigenvalue weighted by atomic mass is 16.5. The van der Waals surface area contributed by atoms with E-state index in [2.05, 4.69) is 36.1 Å². The number of hydrogen-bond donors (Lipinski definition) is 1. The van der Waals surface area contributed by atoms with Crippen molar-refractivity contribution in [1.82, 2.24) is 15.0 Å². The summed E-state index contributed by atoms with van der Waals surface area (Å²) in [5, 5.41) is 6.83. The zero-order valence-electron chi connectivity index (χ0n) is 15.2. The van der Waals surface area contributed by atoms with Gasteiger partial charge in [0.1, 0.15) is 5.76 Å². The third kappa shape index (κ3) is 4.29. The lowest BCUT2D eigenvalue weighted by atomic mass is 9.93. The van der Waals surface area contributed by atoms with E-state index < -0.39 is 0 Å². The molecule has 2 aliphatic heterocycles. The van der Waals surface area contributed by atoms with Crippen molar-refractivity contribution in [3.05, 3.63) is 11.8 Å². The minimum Gasteiger partial charge on any atom is -0.359 e. The Hall–Kier alpha value is -1.56. The molecule has 0 spiro atoms. The molecular formula is C18H30N4O2. The van der Waals surface area contributed by atoms with Gasteiger partial charge >= 0.3 is 6.03 Å². The largest absolute Gasteiger partial charge is 0.359 e. The average Bonchev–Trinajstić information content (AvgIpc) is 3.17. The van der Waals surface area contributed by atoms with Gasteiger partial charge in [-0.15, -0.1) is 0 Å². The van der Waals surface area contributed by atoms with Gasteiger partial charge in [-0.2, -0.15) is 0 Å². The van der Waals surface area contributed by atoms with Gasteiger partial charge in [-0.25, -0.2) is 4.79 Å². The summed E-state index contributed by atoms with van der Waals surface area (Å²) in [5.74, 6) is 1.88. The van der Waals surface area contributed by atoms with Gasteiger partial charge in [0.2, 0.25) is 0 Å². The summed E-state index contributed by atoms with van der Waals surface area (Å²) in [6.45, 7) is 11.4. The molecule has 1 aromatic rings. The van der Waals surface area contributed by atoms with Gasteiger partial charge in [0.25, 0.3) is 0 Å². The van der Waals surface area contributed by atoms with Crippen LogP contribution in [0.5, 0.6) is 0 Å². The van der Waals surface area contributed by atoms with Crippen molar-refractivity contribution in [2.45, 2.75) is 51.9 Å². The minimum atomic E-state index is -0.108. The van der Waals surface area contributed by atoms with Crippen LogP contribution in [0.4, 0.5) is 10.6 Å². The van der Waals surface area contributed by atoms with Crippen LogP contribution in [0.15, 0.2) is 10.6 Å². The lowest BCUT2D eigenvalue weighted by Gasteiger charge is -2.28. The molecule has 24 heavy (non-hydrogen) atoms. The summed E-state index contributed by atoms with van der Waals surface area (Å²) in [6, 6.07) is 1.75. The zero-order chi connectivity index (χ0) is 17.2. The minimum absolute atomic E-state index is 0.0649. The predicted octanol–water partition coefficient (Wildman–Crippen LogP) is 3.31. The van der Waals surface area contributed by atoms with Gasteiger partial charge in [0.05, 0.1) is 0 Å². The van der Waals surface area contributed by atoms with Crippen LogP contribution in [0.1, 0.15) is 52.2 Å². The second-order valence-electron chi connectivity index (χ2n) is 8.22. The van der Waals surface area contributed by atoms with Crippen LogP contribution in [-0.4, -0.2) is 53.7 Å². The molecule has 0 aromatic carbocycles. The van der Waals surface area contributed by atoms with Crippen molar-refractivity contribution in [2.24, 2.45) is 5.92 Å². The topological polar surface area (TPSA) is 61.6 Å². The van der Waals surface area contributed by atoms with Crippen LogP contribution in [0.3, 0.4) is 0 Å². The Labute approximate surface area is 144 Å². The predicted molar refractivity (Wildman–Crippen MR) is 94.2 cm³/mol. The summed E-state index contributed by atoms with van der Waals surface area (Å²) < 4.78 is 5.32. The van der Waals surface area contributed by atoms with Crippen LogP contribution in [0.2, 0.25) is 0 Å². The Kier molecular flexibility index (Phi) is 5.13. The molecule has 2 fully saturated rings. The molecule has 6 heteroatoms. The number of likely N-dealkylation sites (tertiary alicyclic amines) is 2. The number of aromatic nitrogens is 1. The summed E-state index contributed by atoms with van der Waals surface area (Å²) in [6.07, 6.45) is 5.10. The van der Waals surface area contributed by atoms with Gasteiger partial charge in [-0.3, -0.25) is 5.32 Å². The zero-order valence-corrected chi connectivity index (χ0v) is 15.2. The fourth-order valence-corrected chi connectivity index (χ4v) is 3.55. The van der Waals surface area contributed by atoms with E-state index in [1.54, 1.807) is 0 Å². The van der Waals surface area contributed by atoms with Crippen LogP contribution in [-0.2, 0) is 5.41 Å². The van der Waals surface area contributed by atoms with E-state index in [1.807, 2.05) is 11.0 Å². The maximum Gasteiger partial charge on any atom is 0.323 e. The van der Waals surface area contributed by atoms with E-state index >= 15 is 0 Å². The lowest BCUT2D eigenvalue weighted by Crippen LogP contribution is -2.37. The Morgan fingerprint density at radius 2 is 2.04 bits per heavy atom. The van der Waals surface area contributed by atoms with Crippen molar-refractivity contribution in [3.8, 4) is 0 Å². The Morgan fingerprint density at radius 1 is 1.29 bits per heavy atom. The van der Waals surface area contributed by atoms with E-state index in [0.717, 1.165) is 31.8 Å². The number of amides is 2. The number of hydrogen-bond acceptors (Lipinski definition) is 4. The van der Waals surface area contributed by atoms with Crippen molar-refractivity contribution in [2.75, 3.05) is 38.0 Å². The lowest BCUT2D eigenvalue weighted by molar-refractivity contribution is 0.192. The van der Waals surface area contributed by atoms with Gasteiger partial charge in [-0.05, 0) is 38.3 Å². The molecule has 3 heterocycles. The molecule has 0 unspecified atom stereocenters. The third-order valence-corrected chi connectivity index (χ3v) is 5.02. The summed E-state index contributed by atoms with van der Waals surface area (Å²) in [7, 11) is 0. The summed E-state index contributed by atoms with van der Waals surface area (Å²) in [5.41, 5.74) is -0.108. The highest BCUT2D eigenvalue weighted by molar-refractivity contribution is 5.88.